The Bertz CT molecular complexity index is 848. The number of nitrogens with one attached hydrogen (secondary N) is 2. The second-order valence-electron chi connectivity index (χ2n) is 6.03. The van der Waals surface area contributed by atoms with Gasteiger partial charge in [-0.3, -0.25) is 0 Å². The molecule has 3 N–H and O–H groups in total. The first-order valence-electron chi connectivity index (χ1n) is 7.92. The third kappa shape index (κ3) is 5.67. The van der Waals surface area contributed by atoms with Crippen LogP contribution in [0.5, 0.6) is 0 Å². The largest absolute Gasteiger partial charge is 0.478 e. The first kappa shape index (κ1) is 19.1. The minimum atomic E-state index is -3.52. The number of rotatable bonds is 8. The van der Waals surface area contributed by atoms with Crippen LogP contribution in [0.3, 0.4) is 0 Å². The molecular formula is C18H22N2O4S. The summed E-state index contributed by atoms with van der Waals surface area (Å²) in [5.41, 5.74) is 1.93. The van der Waals surface area contributed by atoms with Gasteiger partial charge in [-0.15, -0.1) is 0 Å². The van der Waals surface area contributed by atoms with Crippen LogP contribution < -0.4 is 10.0 Å². The molecule has 0 amide bonds. The van der Waals surface area contributed by atoms with Crippen LogP contribution in [0.15, 0.2) is 53.4 Å². The maximum atomic E-state index is 12.2. The van der Waals surface area contributed by atoms with Gasteiger partial charge in [-0.05, 0) is 49.2 Å². The van der Waals surface area contributed by atoms with E-state index >= 15 is 0 Å². The highest BCUT2D eigenvalue weighted by molar-refractivity contribution is 7.89. The lowest BCUT2D eigenvalue weighted by atomic mass is 10.1. The second kappa shape index (κ2) is 8.24. The average Bonchev–Trinajstić information content (AvgIpc) is 2.54. The van der Waals surface area contributed by atoms with E-state index in [4.69, 9.17) is 5.11 Å². The molecule has 7 heteroatoms. The number of carbonyl (C=O) groups is 1. The van der Waals surface area contributed by atoms with Crippen LogP contribution in [0, 0.1) is 0 Å². The smallest absolute Gasteiger partial charge is 0.335 e. The SMILES string of the molecule is CC(C)NS(=O)(=O)c1cccc(CNCc2cccc(C(=O)O)c2)c1. The van der Waals surface area contributed by atoms with Gasteiger partial charge in [0, 0.05) is 19.1 Å². The average molecular weight is 362 g/mol. The normalized spacial score (nSPS) is 11.6. The van der Waals surface area contributed by atoms with Crippen molar-refractivity contribution in [1.82, 2.24) is 10.0 Å². The molecule has 2 aromatic carbocycles. The number of carboxylic acid groups (broad SMARTS) is 1. The minimum absolute atomic E-state index is 0.173. The first-order valence-corrected chi connectivity index (χ1v) is 9.40. The molecule has 25 heavy (non-hydrogen) atoms. The summed E-state index contributed by atoms with van der Waals surface area (Å²) in [5.74, 6) is -0.961. The number of sulfonamides is 1. The minimum Gasteiger partial charge on any atom is -0.478 e. The zero-order chi connectivity index (χ0) is 18.4. The van der Waals surface area contributed by atoms with Gasteiger partial charge in [-0.25, -0.2) is 17.9 Å². The van der Waals surface area contributed by atoms with Crippen molar-refractivity contribution in [3.8, 4) is 0 Å². The zero-order valence-electron chi connectivity index (χ0n) is 14.2. The standard InChI is InChI=1S/C18H22N2O4S/c1-13(2)20-25(23,24)17-8-4-6-15(10-17)12-19-11-14-5-3-7-16(9-14)18(21)22/h3-10,13,19-20H,11-12H2,1-2H3,(H,21,22). The molecule has 0 aliphatic rings. The molecule has 0 bridgehead atoms. The van der Waals surface area contributed by atoms with E-state index in [9.17, 15) is 13.2 Å². The molecule has 6 nitrogen and oxygen atoms in total. The fraction of sp³-hybridized carbons (Fsp3) is 0.278. The maximum absolute atomic E-state index is 12.2. The van der Waals surface area contributed by atoms with Crippen LogP contribution in [0.25, 0.3) is 0 Å². The van der Waals surface area contributed by atoms with Crippen LogP contribution >= 0.6 is 0 Å². The van der Waals surface area contributed by atoms with Crippen molar-refractivity contribution in [2.75, 3.05) is 0 Å². The molecule has 0 spiro atoms. The monoisotopic (exact) mass is 362 g/mol. The lowest BCUT2D eigenvalue weighted by molar-refractivity contribution is 0.0696. The summed E-state index contributed by atoms with van der Waals surface area (Å²) < 4.78 is 27.0. The van der Waals surface area contributed by atoms with E-state index in [1.807, 2.05) is 12.1 Å². The van der Waals surface area contributed by atoms with E-state index in [0.29, 0.717) is 13.1 Å². The van der Waals surface area contributed by atoms with E-state index in [2.05, 4.69) is 10.0 Å². The molecule has 0 saturated carbocycles. The van der Waals surface area contributed by atoms with E-state index in [-0.39, 0.29) is 16.5 Å². The number of carboxylic acids is 1. The van der Waals surface area contributed by atoms with Crippen molar-refractivity contribution < 1.29 is 18.3 Å². The number of hydrogen-bond donors (Lipinski definition) is 3. The molecule has 0 aliphatic carbocycles. The zero-order valence-corrected chi connectivity index (χ0v) is 15.0. The van der Waals surface area contributed by atoms with Crippen molar-refractivity contribution in [2.24, 2.45) is 0 Å². The Hall–Kier alpha value is -2.22. The number of benzene rings is 2. The molecule has 0 fully saturated rings. The molecular weight excluding hydrogens is 340 g/mol. The van der Waals surface area contributed by atoms with E-state index in [0.717, 1.165) is 11.1 Å². The molecule has 0 aromatic heterocycles. The van der Waals surface area contributed by atoms with E-state index in [1.54, 1.807) is 50.2 Å². The van der Waals surface area contributed by atoms with Gasteiger partial charge in [-0.2, -0.15) is 0 Å². The Kier molecular flexibility index (Phi) is 6.30. The predicted octanol–water partition coefficient (Wildman–Crippen LogP) is 2.36. The molecule has 0 heterocycles. The lowest BCUT2D eigenvalue weighted by Crippen LogP contribution is -2.30. The highest BCUT2D eigenvalue weighted by Crippen LogP contribution is 2.12. The fourth-order valence-corrected chi connectivity index (χ4v) is 3.69. The Labute approximate surface area is 147 Å². The molecule has 2 rings (SSSR count). The third-order valence-electron chi connectivity index (χ3n) is 3.43. The van der Waals surface area contributed by atoms with Gasteiger partial charge in [0.25, 0.3) is 0 Å². The van der Waals surface area contributed by atoms with Gasteiger partial charge >= 0.3 is 5.97 Å². The molecule has 0 aliphatic heterocycles. The summed E-state index contributed by atoms with van der Waals surface area (Å²) in [7, 11) is -3.52. The van der Waals surface area contributed by atoms with Crippen LogP contribution in [-0.4, -0.2) is 25.5 Å². The van der Waals surface area contributed by atoms with Crippen molar-refractivity contribution in [3.05, 3.63) is 65.2 Å². The molecule has 0 saturated heterocycles. The van der Waals surface area contributed by atoms with Gasteiger partial charge in [0.05, 0.1) is 10.5 Å². The van der Waals surface area contributed by atoms with Gasteiger partial charge in [0.2, 0.25) is 10.0 Å². The first-order chi connectivity index (χ1) is 11.8. The van der Waals surface area contributed by atoms with Crippen molar-refractivity contribution in [1.29, 1.82) is 0 Å². The summed E-state index contributed by atoms with van der Waals surface area (Å²) in [6.07, 6.45) is 0. The second-order valence-corrected chi connectivity index (χ2v) is 7.75. The van der Waals surface area contributed by atoms with Crippen LogP contribution in [0.1, 0.15) is 35.3 Å². The van der Waals surface area contributed by atoms with E-state index < -0.39 is 16.0 Å². The van der Waals surface area contributed by atoms with Gasteiger partial charge in [-0.1, -0.05) is 24.3 Å². The van der Waals surface area contributed by atoms with Gasteiger partial charge < -0.3 is 10.4 Å². The lowest BCUT2D eigenvalue weighted by Gasteiger charge is -2.11. The summed E-state index contributed by atoms with van der Waals surface area (Å²) in [6.45, 7) is 4.51. The summed E-state index contributed by atoms with van der Waals surface area (Å²) in [5, 5.41) is 12.2. The quantitative estimate of drug-likeness (QED) is 0.670. The van der Waals surface area contributed by atoms with Gasteiger partial charge in [0.1, 0.15) is 0 Å². The highest BCUT2D eigenvalue weighted by atomic mass is 32.2. The summed E-state index contributed by atoms with van der Waals surface area (Å²) >= 11 is 0. The van der Waals surface area contributed by atoms with E-state index in [1.165, 1.54) is 0 Å². The van der Waals surface area contributed by atoms with Crippen LogP contribution in [0.4, 0.5) is 0 Å². The number of hydrogen-bond acceptors (Lipinski definition) is 4. The molecule has 0 unspecified atom stereocenters. The summed E-state index contributed by atoms with van der Waals surface area (Å²) in [6, 6.07) is 13.3. The van der Waals surface area contributed by atoms with Crippen molar-refractivity contribution in [3.63, 3.8) is 0 Å². The van der Waals surface area contributed by atoms with Crippen LogP contribution in [-0.2, 0) is 23.1 Å². The number of aromatic carboxylic acids is 1. The Morgan fingerprint density at radius 3 is 2.24 bits per heavy atom. The predicted molar refractivity (Wildman–Crippen MR) is 95.8 cm³/mol. The maximum Gasteiger partial charge on any atom is 0.335 e. The third-order valence-corrected chi connectivity index (χ3v) is 5.09. The fourth-order valence-electron chi connectivity index (χ4n) is 2.37. The van der Waals surface area contributed by atoms with Gasteiger partial charge in [0.15, 0.2) is 0 Å². The Morgan fingerprint density at radius 2 is 1.64 bits per heavy atom. The molecule has 0 atom stereocenters. The van der Waals surface area contributed by atoms with Crippen LogP contribution in [0.2, 0.25) is 0 Å². The Morgan fingerprint density at radius 1 is 1.04 bits per heavy atom. The highest BCUT2D eigenvalue weighted by Gasteiger charge is 2.15. The van der Waals surface area contributed by atoms with Crippen molar-refractivity contribution >= 4 is 16.0 Å². The Balaban J connectivity index is 2.01. The topological polar surface area (TPSA) is 95.5 Å². The summed E-state index contributed by atoms with van der Waals surface area (Å²) in [4.78, 5) is 11.2. The molecule has 134 valence electrons. The molecule has 2 aromatic rings. The molecule has 0 radical (unpaired) electrons. The van der Waals surface area contributed by atoms with Crippen molar-refractivity contribution in [2.45, 2.75) is 37.9 Å².